The molecule has 3 heteroatoms. The Bertz CT molecular complexity index is 704. The molecule has 25 heavy (non-hydrogen) atoms. The van der Waals surface area contributed by atoms with E-state index in [4.69, 9.17) is 0 Å². The van der Waals surface area contributed by atoms with Crippen molar-refractivity contribution in [2.24, 2.45) is 0 Å². The Labute approximate surface area is 159 Å². The summed E-state index contributed by atoms with van der Waals surface area (Å²) in [6.45, 7) is 1.02. The molecule has 0 heterocycles. The van der Waals surface area contributed by atoms with E-state index in [1.165, 1.54) is 15.9 Å². The Morgan fingerprint density at radius 2 is 0.960 bits per heavy atom. The van der Waals surface area contributed by atoms with Gasteiger partial charge in [-0.3, -0.25) is 0 Å². The molecule has 130 valence electrons. The van der Waals surface area contributed by atoms with Crippen LogP contribution in [-0.2, 0) is 0 Å². The Kier molecular flexibility index (Phi) is 5.43. The van der Waals surface area contributed by atoms with Gasteiger partial charge in [-0.2, -0.15) is 0 Å². The van der Waals surface area contributed by atoms with Gasteiger partial charge in [0.25, 0.3) is 0 Å². The molecule has 0 unspecified atom stereocenters. The minimum absolute atomic E-state index is 1.02. The molecule has 3 aromatic carbocycles. The minimum atomic E-state index is -2.73. The first-order chi connectivity index (χ1) is 12.1. The molecule has 0 saturated heterocycles. The third-order valence-electron chi connectivity index (χ3n) is 4.85. The summed E-state index contributed by atoms with van der Waals surface area (Å²) in [6, 6.07) is 32.9. The van der Waals surface area contributed by atoms with Gasteiger partial charge < -0.3 is 0 Å². The zero-order valence-corrected chi connectivity index (χ0v) is 17.3. The van der Waals surface area contributed by atoms with Crippen LogP contribution in [0.25, 0.3) is 0 Å². The van der Waals surface area contributed by atoms with Crippen LogP contribution in [-0.4, -0.2) is 31.7 Å². The molecule has 3 aromatic rings. The third-order valence-corrected chi connectivity index (χ3v) is 14.8. The second kappa shape index (κ2) is 7.41. The summed E-state index contributed by atoms with van der Waals surface area (Å²) in [5, 5.41) is 1.42. The molecule has 0 amide bonds. The third kappa shape index (κ3) is 3.31. The molecular formula is C22H25BrNP. The summed E-state index contributed by atoms with van der Waals surface area (Å²) in [4.78, 5) is 2.28. The van der Waals surface area contributed by atoms with Gasteiger partial charge in [-0.05, 0) is 0 Å². The van der Waals surface area contributed by atoms with E-state index in [0.717, 1.165) is 12.7 Å². The van der Waals surface area contributed by atoms with Crippen LogP contribution >= 0.6 is 20.8 Å². The first-order valence-electron chi connectivity index (χ1n) is 8.60. The van der Waals surface area contributed by atoms with Crippen molar-refractivity contribution in [2.75, 3.05) is 26.8 Å². The number of rotatable bonds is 6. The van der Waals surface area contributed by atoms with E-state index in [0.29, 0.717) is 0 Å². The summed E-state index contributed by atoms with van der Waals surface area (Å²) in [5.41, 5.74) is 0. The van der Waals surface area contributed by atoms with Crippen molar-refractivity contribution < 1.29 is 0 Å². The van der Waals surface area contributed by atoms with E-state index in [-0.39, 0.29) is 0 Å². The molecule has 0 bridgehead atoms. The average Bonchev–Trinajstić information content (AvgIpc) is 2.68. The zero-order valence-electron chi connectivity index (χ0n) is 14.8. The molecule has 0 atom stereocenters. The number of benzene rings is 3. The molecule has 1 nitrogen and oxygen atoms in total. The summed E-state index contributed by atoms with van der Waals surface area (Å²) in [7, 11) is 4.30. The predicted molar refractivity (Wildman–Crippen MR) is 117 cm³/mol. The van der Waals surface area contributed by atoms with Crippen molar-refractivity contribution in [2.45, 2.75) is 0 Å². The molecule has 3 rings (SSSR count). The topological polar surface area (TPSA) is 3.24 Å². The number of hydrogen-bond donors (Lipinski definition) is 0. The molecule has 0 aliphatic heterocycles. The Morgan fingerprint density at radius 1 is 0.640 bits per heavy atom. The fraction of sp³-hybridized carbons (Fsp3) is 0.182. The SMILES string of the molecule is CN(C)CCP(Br)(c1ccccc1)(c1ccccc1)c1ccccc1. The van der Waals surface area contributed by atoms with Crippen molar-refractivity contribution in [3.05, 3.63) is 91.0 Å². The van der Waals surface area contributed by atoms with Gasteiger partial charge in [0.05, 0.1) is 0 Å². The first kappa shape index (κ1) is 18.3. The Balaban J connectivity index is 2.36. The molecule has 0 spiro atoms. The normalized spacial score (nSPS) is 13.4. The van der Waals surface area contributed by atoms with Gasteiger partial charge in [0.2, 0.25) is 0 Å². The molecular weight excluding hydrogens is 389 g/mol. The van der Waals surface area contributed by atoms with Crippen molar-refractivity contribution in [3.63, 3.8) is 0 Å². The Hall–Kier alpha value is -1.47. The van der Waals surface area contributed by atoms with Crippen LogP contribution in [0.15, 0.2) is 91.0 Å². The average molecular weight is 414 g/mol. The van der Waals surface area contributed by atoms with Crippen molar-refractivity contribution in [3.8, 4) is 0 Å². The molecule has 0 N–H and O–H groups in total. The Morgan fingerprint density at radius 3 is 1.24 bits per heavy atom. The zero-order chi connectivity index (χ0) is 17.8. The number of nitrogens with zero attached hydrogens (tertiary/aromatic N) is 1. The van der Waals surface area contributed by atoms with Crippen LogP contribution in [0.4, 0.5) is 0 Å². The second-order valence-corrected chi connectivity index (χ2v) is 15.8. The standard InChI is InChI=1S/C22H25BrNP/c1-24(2)18-19-25(23,20-12-6-3-7-13-20,21-14-8-4-9-15-21)22-16-10-5-11-17-22/h3-17H,18-19H2,1-2H3. The van der Waals surface area contributed by atoms with E-state index < -0.39 is 5.31 Å². The van der Waals surface area contributed by atoms with E-state index >= 15 is 0 Å². The van der Waals surface area contributed by atoms with E-state index in [9.17, 15) is 0 Å². The van der Waals surface area contributed by atoms with Gasteiger partial charge >= 0.3 is 159 Å². The van der Waals surface area contributed by atoms with Gasteiger partial charge in [0.15, 0.2) is 0 Å². The quantitative estimate of drug-likeness (QED) is 0.541. The molecule has 0 aliphatic rings. The van der Waals surface area contributed by atoms with Crippen LogP contribution in [0, 0.1) is 0 Å². The first-order valence-corrected chi connectivity index (χ1v) is 13.0. The fourth-order valence-corrected chi connectivity index (χ4v) is 10.9. The predicted octanol–water partition coefficient (Wildman–Crippen LogP) is 4.39. The molecule has 0 saturated carbocycles. The summed E-state index contributed by atoms with van der Waals surface area (Å²) < 4.78 is 0. The summed E-state index contributed by atoms with van der Waals surface area (Å²) in [5.74, 6) is 0. The van der Waals surface area contributed by atoms with Crippen LogP contribution in [0.3, 0.4) is 0 Å². The summed E-state index contributed by atoms with van der Waals surface area (Å²) >= 11 is 4.45. The monoisotopic (exact) mass is 413 g/mol. The van der Waals surface area contributed by atoms with Crippen molar-refractivity contribution >= 4 is 36.7 Å². The van der Waals surface area contributed by atoms with E-state index in [1.54, 1.807) is 0 Å². The van der Waals surface area contributed by atoms with Crippen LogP contribution in [0.5, 0.6) is 0 Å². The van der Waals surface area contributed by atoms with Gasteiger partial charge in [0, 0.05) is 0 Å². The maximum absolute atomic E-state index is 4.45. The van der Waals surface area contributed by atoms with Crippen LogP contribution in [0.2, 0.25) is 0 Å². The molecule has 0 aromatic heterocycles. The fourth-order valence-electron chi connectivity index (χ4n) is 3.44. The number of hydrogen-bond acceptors (Lipinski definition) is 1. The van der Waals surface area contributed by atoms with Gasteiger partial charge in [0.1, 0.15) is 0 Å². The van der Waals surface area contributed by atoms with Crippen LogP contribution < -0.4 is 15.9 Å². The van der Waals surface area contributed by atoms with E-state index in [2.05, 4.69) is 125 Å². The molecule has 0 aliphatic carbocycles. The van der Waals surface area contributed by atoms with Crippen molar-refractivity contribution in [1.29, 1.82) is 0 Å². The summed E-state index contributed by atoms with van der Waals surface area (Å²) in [6.07, 6.45) is 1.05. The van der Waals surface area contributed by atoms with Gasteiger partial charge in [-0.1, -0.05) is 0 Å². The second-order valence-electron chi connectivity index (χ2n) is 6.72. The van der Waals surface area contributed by atoms with Crippen LogP contribution in [0.1, 0.15) is 0 Å². The molecule has 0 radical (unpaired) electrons. The number of halogens is 1. The van der Waals surface area contributed by atoms with Crippen molar-refractivity contribution in [1.82, 2.24) is 4.90 Å². The molecule has 0 fully saturated rings. The van der Waals surface area contributed by atoms with Gasteiger partial charge in [-0.15, -0.1) is 0 Å². The van der Waals surface area contributed by atoms with Gasteiger partial charge in [-0.25, -0.2) is 0 Å². The van der Waals surface area contributed by atoms with E-state index in [1.807, 2.05) is 0 Å². The maximum atomic E-state index is 4.45.